The maximum absolute atomic E-state index is 11.7. The lowest BCUT2D eigenvalue weighted by molar-refractivity contribution is 0.0490. The Bertz CT molecular complexity index is 570. The second-order valence-electron chi connectivity index (χ2n) is 4.92. The summed E-state index contributed by atoms with van der Waals surface area (Å²) in [6, 6.07) is 12.0. The molecule has 0 amide bonds. The van der Waals surface area contributed by atoms with Gasteiger partial charge in [0.05, 0.1) is 6.61 Å². The van der Waals surface area contributed by atoms with Crippen molar-refractivity contribution in [1.29, 1.82) is 0 Å². The van der Waals surface area contributed by atoms with Gasteiger partial charge in [-0.3, -0.25) is 0 Å². The second-order valence-corrected chi connectivity index (χ2v) is 4.92. The highest BCUT2D eigenvalue weighted by Crippen LogP contribution is 2.07. The lowest BCUT2D eigenvalue weighted by Gasteiger charge is -2.05. The molecular weight excluding hydrogens is 264 g/mol. The number of nitrogens with zero attached hydrogens (tertiary/aromatic N) is 2. The van der Waals surface area contributed by atoms with Gasteiger partial charge in [0, 0.05) is 6.20 Å². The minimum atomic E-state index is -0.372. The number of hydrogen-bond donors (Lipinski definition) is 0. The molecule has 0 aliphatic heterocycles. The average Bonchev–Trinajstić information content (AvgIpc) is 2.51. The molecule has 0 N–H and O–H groups in total. The number of aromatic nitrogens is 2. The standard InChI is InChI=1S/C17H20N2O2/c1-14-18-12-11-16(19-14)17(20)21-13-7-3-6-10-15-8-4-2-5-9-15/h2,4-5,8-9,11-12H,3,6-7,10,13H2,1H3. The van der Waals surface area contributed by atoms with Gasteiger partial charge in [0.25, 0.3) is 0 Å². The van der Waals surface area contributed by atoms with E-state index >= 15 is 0 Å². The van der Waals surface area contributed by atoms with Crippen LogP contribution in [0.25, 0.3) is 0 Å². The van der Waals surface area contributed by atoms with Crippen LogP contribution in [-0.4, -0.2) is 22.5 Å². The molecule has 0 bridgehead atoms. The smallest absolute Gasteiger partial charge is 0.357 e. The van der Waals surface area contributed by atoms with E-state index in [0.29, 0.717) is 18.1 Å². The average molecular weight is 284 g/mol. The topological polar surface area (TPSA) is 52.1 Å². The van der Waals surface area contributed by atoms with Crippen LogP contribution in [0.4, 0.5) is 0 Å². The molecule has 110 valence electrons. The van der Waals surface area contributed by atoms with Gasteiger partial charge in [-0.25, -0.2) is 14.8 Å². The van der Waals surface area contributed by atoms with Gasteiger partial charge in [0.15, 0.2) is 5.69 Å². The summed E-state index contributed by atoms with van der Waals surface area (Å²) in [6.07, 6.45) is 5.67. The zero-order chi connectivity index (χ0) is 14.9. The Hall–Kier alpha value is -2.23. The molecule has 0 aliphatic carbocycles. The fourth-order valence-corrected chi connectivity index (χ4v) is 2.06. The predicted octanol–water partition coefficient (Wildman–Crippen LogP) is 3.35. The molecule has 2 rings (SSSR count). The summed E-state index contributed by atoms with van der Waals surface area (Å²) < 4.78 is 5.21. The molecule has 0 aliphatic rings. The van der Waals surface area contributed by atoms with Gasteiger partial charge in [-0.05, 0) is 44.2 Å². The first-order valence-corrected chi connectivity index (χ1v) is 7.26. The van der Waals surface area contributed by atoms with E-state index in [-0.39, 0.29) is 5.97 Å². The van der Waals surface area contributed by atoms with Crippen LogP contribution < -0.4 is 0 Å². The van der Waals surface area contributed by atoms with Crippen LogP contribution in [0.2, 0.25) is 0 Å². The van der Waals surface area contributed by atoms with Crippen LogP contribution in [0.15, 0.2) is 42.6 Å². The van der Waals surface area contributed by atoms with Crippen LogP contribution in [0.3, 0.4) is 0 Å². The second kappa shape index (κ2) is 8.15. The number of benzene rings is 1. The van der Waals surface area contributed by atoms with Gasteiger partial charge in [-0.1, -0.05) is 30.3 Å². The zero-order valence-corrected chi connectivity index (χ0v) is 12.3. The van der Waals surface area contributed by atoms with Gasteiger partial charge in [0.2, 0.25) is 0 Å². The number of carbonyl (C=O) groups excluding carboxylic acids is 1. The van der Waals surface area contributed by atoms with Gasteiger partial charge in [-0.2, -0.15) is 0 Å². The van der Waals surface area contributed by atoms with Gasteiger partial charge >= 0.3 is 5.97 Å². The minimum Gasteiger partial charge on any atom is -0.461 e. The Balaban J connectivity index is 1.60. The molecule has 0 unspecified atom stereocenters. The van der Waals surface area contributed by atoms with E-state index in [1.807, 2.05) is 6.07 Å². The summed E-state index contributed by atoms with van der Waals surface area (Å²) in [5, 5.41) is 0. The van der Waals surface area contributed by atoms with E-state index in [1.54, 1.807) is 19.2 Å². The summed E-state index contributed by atoms with van der Waals surface area (Å²) in [5.41, 5.74) is 1.68. The van der Waals surface area contributed by atoms with E-state index in [9.17, 15) is 4.79 Å². The first-order chi connectivity index (χ1) is 10.3. The first kappa shape index (κ1) is 15.2. The van der Waals surface area contributed by atoms with Crippen molar-refractivity contribution in [3.05, 3.63) is 59.7 Å². The molecule has 0 atom stereocenters. The number of aryl methyl sites for hydroxylation is 2. The summed E-state index contributed by atoms with van der Waals surface area (Å²) in [4.78, 5) is 19.7. The predicted molar refractivity (Wildman–Crippen MR) is 81.0 cm³/mol. The van der Waals surface area contributed by atoms with Crippen molar-refractivity contribution in [3.63, 3.8) is 0 Å². The fourth-order valence-electron chi connectivity index (χ4n) is 2.06. The van der Waals surface area contributed by atoms with E-state index < -0.39 is 0 Å². The molecule has 4 nitrogen and oxygen atoms in total. The van der Waals surface area contributed by atoms with Crippen molar-refractivity contribution in [2.75, 3.05) is 6.61 Å². The Kier molecular flexibility index (Phi) is 5.88. The molecule has 4 heteroatoms. The first-order valence-electron chi connectivity index (χ1n) is 7.26. The third-order valence-electron chi connectivity index (χ3n) is 3.17. The molecule has 0 saturated heterocycles. The van der Waals surface area contributed by atoms with Crippen molar-refractivity contribution in [2.24, 2.45) is 0 Å². The van der Waals surface area contributed by atoms with Crippen molar-refractivity contribution in [1.82, 2.24) is 9.97 Å². The van der Waals surface area contributed by atoms with Crippen molar-refractivity contribution in [2.45, 2.75) is 32.6 Å². The molecule has 0 fully saturated rings. The monoisotopic (exact) mass is 284 g/mol. The number of ether oxygens (including phenoxy) is 1. The van der Waals surface area contributed by atoms with Crippen LogP contribution >= 0.6 is 0 Å². The van der Waals surface area contributed by atoms with Crippen molar-refractivity contribution in [3.8, 4) is 0 Å². The minimum absolute atomic E-state index is 0.326. The van der Waals surface area contributed by atoms with Crippen LogP contribution in [0.5, 0.6) is 0 Å². The molecule has 21 heavy (non-hydrogen) atoms. The number of carbonyl (C=O) groups is 1. The fraction of sp³-hybridized carbons (Fsp3) is 0.353. The SMILES string of the molecule is Cc1nccc(C(=O)OCCCCCc2ccccc2)n1. The molecular formula is C17H20N2O2. The van der Waals surface area contributed by atoms with E-state index in [2.05, 4.69) is 34.2 Å². The Labute approximate surface area is 125 Å². The van der Waals surface area contributed by atoms with E-state index in [4.69, 9.17) is 4.74 Å². The summed E-state index contributed by atoms with van der Waals surface area (Å²) in [7, 11) is 0. The highest BCUT2D eigenvalue weighted by molar-refractivity contribution is 5.87. The molecule has 2 aromatic rings. The quantitative estimate of drug-likeness (QED) is 0.578. The molecule has 0 spiro atoms. The largest absolute Gasteiger partial charge is 0.461 e. The van der Waals surface area contributed by atoms with E-state index in [1.165, 1.54) is 5.56 Å². The van der Waals surface area contributed by atoms with Crippen LogP contribution in [0.1, 0.15) is 41.1 Å². The summed E-state index contributed by atoms with van der Waals surface area (Å²) in [5.74, 6) is 0.205. The number of unbranched alkanes of at least 4 members (excludes halogenated alkanes) is 2. The molecule has 1 heterocycles. The van der Waals surface area contributed by atoms with Crippen molar-refractivity contribution < 1.29 is 9.53 Å². The summed E-state index contributed by atoms with van der Waals surface area (Å²) >= 11 is 0. The number of esters is 1. The van der Waals surface area contributed by atoms with Gasteiger partial charge in [0.1, 0.15) is 5.82 Å². The lowest BCUT2D eigenvalue weighted by atomic mass is 10.1. The zero-order valence-electron chi connectivity index (χ0n) is 12.3. The van der Waals surface area contributed by atoms with Gasteiger partial charge < -0.3 is 4.74 Å². The van der Waals surface area contributed by atoms with E-state index in [0.717, 1.165) is 25.7 Å². The number of hydrogen-bond acceptors (Lipinski definition) is 4. The molecule has 1 aromatic carbocycles. The maximum Gasteiger partial charge on any atom is 0.357 e. The Morgan fingerprint density at radius 3 is 2.67 bits per heavy atom. The molecule has 0 radical (unpaired) electrons. The van der Waals surface area contributed by atoms with Crippen molar-refractivity contribution >= 4 is 5.97 Å². The number of rotatable bonds is 7. The highest BCUT2D eigenvalue weighted by Gasteiger charge is 2.08. The van der Waals surface area contributed by atoms with Crippen LogP contribution in [-0.2, 0) is 11.2 Å². The van der Waals surface area contributed by atoms with Crippen LogP contribution in [0, 0.1) is 6.92 Å². The lowest BCUT2D eigenvalue weighted by Crippen LogP contribution is -2.09. The molecule has 0 saturated carbocycles. The summed E-state index contributed by atoms with van der Waals surface area (Å²) in [6.45, 7) is 2.19. The third kappa shape index (κ3) is 5.34. The third-order valence-corrected chi connectivity index (χ3v) is 3.17. The molecule has 1 aromatic heterocycles. The van der Waals surface area contributed by atoms with Gasteiger partial charge in [-0.15, -0.1) is 0 Å². The Morgan fingerprint density at radius 1 is 1.10 bits per heavy atom. The highest BCUT2D eigenvalue weighted by atomic mass is 16.5. The normalized spacial score (nSPS) is 10.3. The maximum atomic E-state index is 11.7. The Morgan fingerprint density at radius 2 is 1.90 bits per heavy atom.